The van der Waals surface area contributed by atoms with Crippen LogP contribution in [0.4, 0.5) is 0 Å². The average molecular weight is 289 g/mol. The Morgan fingerprint density at radius 2 is 2.07 bits per heavy atom. The first kappa shape index (κ1) is 11.5. The average Bonchev–Trinajstić information content (AvgIpc) is 2.67. The highest BCUT2D eigenvalue weighted by Crippen LogP contribution is 2.36. The van der Waals surface area contributed by atoms with Crippen molar-refractivity contribution in [2.24, 2.45) is 5.92 Å². The van der Waals surface area contributed by atoms with Crippen LogP contribution < -0.4 is 0 Å². The first-order chi connectivity index (χ1) is 7.29. The summed E-state index contributed by atoms with van der Waals surface area (Å²) in [5, 5.41) is 0. The molecule has 1 saturated carbocycles. The van der Waals surface area contributed by atoms with Crippen molar-refractivity contribution in [1.82, 2.24) is 9.36 Å². The van der Waals surface area contributed by atoms with Gasteiger partial charge in [-0.1, -0.05) is 19.8 Å². The topological polar surface area (TPSA) is 25.8 Å². The number of hydrogen-bond acceptors (Lipinski definition) is 3. The number of aromatic nitrogens is 2. The Morgan fingerprint density at radius 1 is 1.33 bits per heavy atom. The number of halogens is 1. The quantitative estimate of drug-likeness (QED) is 0.825. The molecule has 0 spiro atoms. The predicted molar refractivity (Wildman–Crippen MR) is 67.2 cm³/mol. The van der Waals surface area contributed by atoms with E-state index < -0.39 is 0 Å². The molecule has 1 fully saturated rings. The first-order valence-electron chi connectivity index (χ1n) is 5.78. The molecular formula is C11H17BrN2S. The van der Waals surface area contributed by atoms with Gasteiger partial charge in [-0.25, -0.2) is 4.98 Å². The number of nitrogens with zero attached hydrogens (tertiary/aromatic N) is 2. The third-order valence-corrected chi connectivity index (χ3v) is 4.46. The summed E-state index contributed by atoms with van der Waals surface area (Å²) >= 11 is 4.85. The highest BCUT2D eigenvalue weighted by molar-refractivity contribution is 9.11. The van der Waals surface area contributed by atoms with Crippen LogP contribution in [0.5, 0.6) is 0 Å². The van der Waals surface area contributed by atoms with Crippen LogP contribution in [0.1, 0.15) is 57.2 Å². The SMILES string of the molecule is CCCC1CCC(c2nsc(Br)n2)CC1. The molecular weight excluding hydrogens is 272 g/mol. The molecule has 0 bridgehead atoms. The van der Waals surface area contributed by atoms with Crippen molar-refractivity contribution in [3.63, 3.8) is 0 Å². The molecule has 0 aromatic carbocycles. The van der Waals surface area contributed by atoms with E-state index in [9.17, 15) is 0 Å². The lowest BCUT2D eigenvalue weighted by Gasteiger charge is -2.26. The molecule has 4 heteroatoms. The largest absolute Gasteiger partial charge is 0.212 e. The number of rotatable bonds is 3. The fourth-order valence-corrected chi connectivity index (χ4v) is 3.39. The molecule has 1 heterocycles. The highest BCUT2D eigenvalue weighted by atomic mass is 79.9. The van der Waals surface area contributed by atoms with E-state index in [2.05, 4.69) is 32.2 Å². The summed E-state index contributed by atoms with van der Waals surface area (Å²) in [7, 11) is 0. The van der Waals surface area contributed by atoms with Crippen molar-refractivity contribution in [2.45, 2.75) is 51.4 Å². The fraction of sp³-hybridized carbons (Fsp3) is 0.818. The van der Waals surface area contributed by atoms with Gasteiger partial charge in [-0.3, -0.25) is 0 Å². The molecule has 1 aromatic rings. The second-order valence-electron chi connectivity index (χ2n) is 4.41. The molecule has 0 radical (unpaired) electrons. The maximum absolute atomic E-state index is 4.43. The lowest BCUT2D eigenvalue weighted by molar-refractivity contribution is 0.303. The van der Waals surface area contributed by atoms with Gasteiger partial charge < -0.3 is 0 Å². The summed E-state index contributed by atoms with van der Waals surface area (Å²) < 4.78 is 5.32. The van der Waals surface area contributed by atoms with Gasteiger partial charge in [-0.2, -0.15) is 4.37 Å². The van der Waals surface area contributed by atoms with Gasteiger partial charge in [-0.05, 0) is 59.1 Å². The van der Waals surface area contributed by atoms with E-state index in [0.717, 1.165) is 15.7 Å². The van der Waals surface area contributed by atoms with Crippen LogP contribution in [0, 0.1) is 5.92 Å². The zero-order chi connectivity index (χ0) is 10.7. The van der Waals surface area contributed by atoms with Gasteiger partial charge in [0.15, 0.2) is 3.92 Å². The lowest BCUT2D eigenvalue weighted by Crippen LogP contribution is -2.14. The zero-order valence-corrected chi connectivity index (χ0v) is 11.5. The molecule has 0 aliphatic heterocycles. The van der Waals surface area contributed by atoms with Crippen molar-refractivity contribution < 1.29 is 0 Å². The number of hydrogen-bond donors (Lipinski definition) is 0. The van der Waals surface area contributed by atoms with Crippen LogP contribution in [0.15, 0.2) is 3.92 Å². The highest BCUT2D eigenvalue weighted by Gasteiger charge is 2.24. The van der Waals surface area contributed by atoms with E-state index in [1.54, 1.807) is 0 Å². The lowest BCUT2D eigenvalue weighted by atomic mass is 9.80. The minimum absolute atomic E-state index is 0.626. The Morgan fingerprint density at radius 3 is 2.60 bits per heavy atom. The van der Waals surface area contributed by atoms with Crippen molar-refractivity contribution in [2.75, 3.05) is 0 Å². The molecule has 0 N–H and O–H groups in total. The van der Waals surface area contributed by atoms with Crippen LogP contribution in [0.2, 0.25) is 0 Å². The molecule has 1 aliphatic carbocycles. The molecule has 84 valence electrons. The molecule has 0 saturated heterocycles. The van der Waals surface area contributed by atoms with E-state index >= 15 is 0 Å². The van der Waals surface area contributed by atoms with Gasteiger partial charge in [0, 0.05) is 5.92 Å². The molecule has 0 atom stereocenters. The minimum Gasteiger partial charge on any atom is -0.212 e. The van der Waals surface area contributed by atoms with Crippen LogP contribution in [0.3, 0.4) is 0 Å². The standard InChI is InChI=1S/C11H17BrN2S/c1-2-3-8-4-6-9(7-5-8)10-13-11(12)15-14-10/h8-9H,2-7H2,1H3. The van der Waals surface area contributed by atoms with Gasteiger partial charge in [0.2, 0.25) is 0 Å². The second-order valence-corrected chi connectivity index (χ2v) is 6.44. The maximum Gasteiger partial charge on any atom is 0.179 e. The van der Waals surface area contributed by atoms with Crippen molar-refractivity contribution >= 4 is 27.5 Å². The Kier molecular flexibility index (Phi) is 4.14. The summed E-state index contributed by atoms with van der Waals surface area (Å²) in [5.74, 6) is 2.66. The third kappa shape index (κ3) is 3.00. The van der Waals surface area contributed by atoms with Gasteiger partial charge in [-0.15, -0.1) is 0 Å². The maximum atomic E-state index is 4.43. The normalized spacial score (nSPS) is 26.8. The van der Waals surface area contributed by atoms with Crippen LogP contribution in [0.25, 0.3) is 0 Å². The van der Waals surface area contributed by atoms with E-state index in [1.165, 1.54) is 50.1 Å². The zero-order valence-electron chi connectivity index (χ0n) is 9.08. The van der Waals surface area contributed by atoms with Crippen molar-refractivity contribution in [1.29, 1.82) is 0 Å². The molecule has 2 nitrogen and oxygen atoms in total. The van der Waals surface area contributed by atoms with Crippen LogP contribution in [-0.2, 0) is 0 Å². The second kappa shape index (κ2) is 5.39. The Balaban J connectivity index is 1.88. The molecule has 0 amide bonds. The summed E-state index contributed by atoms with van der Waals surface area (Å²) in [6.07, 6.45) is 8.04. The Labute approximate surface area is 104 Å². The molecule has 1 aromatic heterocycles. The van der Waals surface area contributed by atoms with Gasteiger partial charge in [0.25, 0.3) is 0 Å². The summed E-state index contributed by atoms with van der Waals surface area (Å²) in [6, 6.07) is 0. The predicted octanol–water partition coefficient (Wildman–Crippen LogP) is 4.37. The van der Waals surface area contributed by atoms with Gasteiger partial charge in [0.05, 0.1) is 0 Å². The van der Waals surface area contributed by atoms with Crippen LogP contribution in [-0.4, -0.2) is 9.36 Å². The summed E-state index contributed by atoms with van der Waals surface area (Å²) in [4.78, 5) is 4.43. The van der Waals surface area contributed by atoms with Crippen molar-refractivity contribution in [3.8, 4) is 0 Å². The summed E-state index contributed by atoms with van der Waals surface area (Å²) in [6.45, 7) is 2.28. The Bertz CT molecular complexity index is 305. The Hall–Kier alpha value is 0.0400. The molecule has 1 aliphatic rings. The van der Waals surface area contributed by atoms with E-state index in [-0.39, 0.29) is 0 Å². The summed E-state index contributed by atoms with van der Waals surface area (Å²) in [5.41, 5.74) is 0. The van der Waals surface area contributed by atoms with Gasteiger partial charge >= 0.3 is 0 Å². The van der Waals surface area contributed by atoms with E-state index in [4.69, 9.17) is 0 Å². The van der Waals surface area contributed by atoms with E-state index in [1.807, 2.05) is 0 Å². The smallest absolute Gasteiger partial charge is 0.179 e. The van der Waals surface area contributed by atoms with E-state index in [0.29, 0.717) is 5.92 Å². The van der Waals surface area contributed by atoms with Crippen molar-refractivity contribution in [3.05, 3.63) is 9.74 Å². The fourth-order valence-electron chi connectivity index (χ4n) is 2.50. The monoisotopic (exact) mass is 288 g/mol. The molecule has 0 unspecified atom stereocenters. The minimum atomic E-state index is 0.626. The first-order valence-corrected chi connectivity index (χ1v) is 7.35. The van der Waals surface area contributed by atoms with Crippen LogP contribution >= 0.6 is 27.5 Å². The third-order valence-electron chi connectivity index (χ3n) is 3.33. The molecule has 15 heavy (non-hydrogen) atoms. The molecule has 2 rings (SSSR count). The van der Waals surface area contributed by atoms with Gasteiger partial charge in [0.1, 0.15) is 5.82 Å².